The highest BCUT2D eigenvalue weighted by Crippen LogP contribution is 2.61. The summed E-state index contributed by atoms with van der Waals surface area (Å²) in [6.45, 7) is 3.32. The van der Waals surface area contributed by atoms with Crippen LogP contribution >= 0.6 is 0 Å². The molecule has 1 atom stereocenters. The average molecular weight is 249 g/mol. The molecule has 0 spiro atoms. The summed E-state index contributed by atoms with van der Waals surface area (Å²) in [6, 6.07) is 0. The number of nitrogens with zero attached hydrogens (tertiary/aromatic N) is 1. The lowest BCUT2D eigenvalue weighted by Crippen LogP contribution is -2.47. The van der Waals surface area contributed by atoms with Gasteiger partial charge in [-0.3, -0.25) is 0 Å². The van der Waals surface area contributed by atoms with Crippen LogP contribution in [0.3, 0.4) is 0 Å². The van der Waals surface area contributed by atoms with Gasteiger partial charge in [-0.15, -0.1) is 0 Å². The molecule has 0 aromatic carbocycles. The highest BCUT2D eigenvalue weighted by atomic mass is 16.3. The van der Waals surface area contributed by atoms with E-state index in [1.165, 1.54) is 32.2 Å². The van der Waals surface area contributed by atoms with Gasteiger partial charge in [-0.1, -0.05) is 0 Å². The van der Waals surface area contributed by atoms with Gasteiger partial charge in [-0.25, -0.2) is 0 Å². The molecule has 5 rings (SSSR count). The number of hydrogen-bond acceptors (Lipinski definition) is 2. The van der Waals surface area contributed by atoms with E-state index in [0.717, 1.165) is 42.7 Å². The molecule has 1 N–H and O–H groups in total. The molecule has 1 aliphatic heterocycles. The molecule has 2 nitrogen and oxygen atoms in total. The van der Waals surface area contributed by atoms with Gasteiger partial charge in [0.15, 0.2) is 0 Å². The summed E-state index contributed by atoms with van der Waals surface area (Å²) < 4.78 is 0. The summed E-state index contributed by atoms with van der Waals surface area (Å²) in [5.74, 6) is 3.25. The minimum atomic E-state index is -0.0404. The van der Waals surface area contributed by atoms with Crippen LogP contribution < -0.4 is 0 Å². The summed E-state index contributed by atoms with van der Waals surface area (Å²) in [7, 11) is 0. The lowest BCUT2D eigenvalue weighted by molar-refractivity contribution is -0.0605. The van der Waals surface area contributed by atoms with Gasteiger partial charge in [0.05, 0.1) is 6.10 Å². The topological polar surface area (TPSA) is 23.5 Å². The van der Waals surface area contributed by atoms with Crippen molar-refractivity contribution in [2.75, 3.05) is 19.6 Å². The fourth-order valence-corrected chi connectivity index (χ4v) is 6.01. The quantitative estimate of drug-likeness (QED) is 0.831. The number of hydrogen-bond donors (Lipinski definition) is 1. The van der Waals surface area contributed by atoms with E-state index in [1.54, 1.807) is 19.3 Å². The minimum absolute atomic E-state index is 0.0404. The minimum Gasteiger partial charge on any atom is -0.392 e. The molecule has 0 radical (unpaired) electrons. The molecule has 18 heavy (non-hydrogen) atoms. The Morgan fingerprint density at radius 3 is 2.11 bits per heavy atom. The number of rotatable bonds is 3. The third-order valence-electron chi connectivity index (χ3n) is 6.37. The zero-order valence-corrected chi connectivity index (χ0v) is 11.5. The SMILES string of the molecule is OC1CCN(CCC23CC4CC(CC(C4)C2)C3)C1. The van der Waals surface area contributed by atoms with Crippen molar-refractivity contribution in [3.05, 3.63) is 0 Å². The zero-order chi connectivity index (χ0) is 12.2. The van der Waals surface area contributed by atoms with E-state index in [2.05, 4.69) is 4.90 Å². The Balaban J connectivity index is 1.39. The van der Waals surface area contributed by atoms with Gasteiger partial charge in [-0.2, -0.15) is 0 Å². The molecule has 4 bridgehead atoms. The molecule has 0 aromatic heterocycles. The first kappa shape index (κ1) is 11.7. The third kappa shape index (κ3) is 2.02. The Bertz CT molecular complexity index is 292. The fraction of sp³-hybridized carbons (Fsp3) is 1.00. The molecule has 102 valence electrons. The molecule has 0 amide bonds. The molecule has 1 heterocycles. The van der Waals surface area contributed by atoms with E-state index in [-0.39, 0.29) is 6.10 Å². The van der Waals surface area contributed by atoms with Crippen molar-refractivity contribution in [3.63, 3.8) is 0 Å². The first-order valence-corrected chi connectivity index (χ1v) is 8.11. The lowest BCUT2D eigenvalue weighted by atomic mass is 9.49. The molecule has 4 aliphatic carbocycles. The van der Waals surface area contributed by atoms with E-state index >= 15 is 0 Å². The van der Waals surface area contributed by atoms with Crippen LogP contribution in [0.25, 0.3) is 0 Å². The van der Waals surface area contributed by atoms with Crippen LogP contribution in [0.15, 0.2) is 0 Å². The lowest BCUT2D eigenvalue weighted by Gasteiger charge is -2.57. The van der Waals surface area contributed by atoms with Crippen LogP contribution in [-0.2, 0) is 0 Å². The Hall–Kier alpha value is -0.0800. The first-order chi connectivity index (χ1) is 8.71. The zero-order valence-electron chi connectivity index (χ0n) is 11.5. The maximum Gasteiger partial charge on any atom is 0.0679 e. The molecule has 1 unspecified atom stereocenters. The second kappa shape index (κ2) is 4.21. The maximum absolute atomic E-state index is 9.62. The Labute approximate surface area is 111 Å². The van der Waals surface area contributed by atoms with E-state index in [9.17, 15) is 5.11 Å². The van der Waals surface area contributed by atoms with Gasteiger partial charge in [0.2, 0.25) is 0 Å². The average Bonchev–Trinajstić information content (AvgIpc) is 2.71. The number of β-amino-alcohol motifs (C(OH)–C–C–N with tert-alkyl or cyclic N) is 1. The molecule has 2 heteroatoms. The molecule has 1 saturated heterocycles. The first-order valence-electron chi connectivity index (χ1n) is 8.11. The van der Waals surface area contributed by atoms with Crippen molar-refractivity contribution in [2.45, 2.75) is 57.5 Å². The molecule has 5 fully saturated rings. The van der Waals surface area contributed by atoms with Crippen LogP contribution in [0.2, 0.25) is 0 Å². The normalized spacial score (nSPS) is 51.2. The Morgan fingerprint density at radius 2 is 1.61 bits per heavy atom. The highest BCUT2D eigenvalue weighted by molar-refractivity contribution is 5.01. The fourth-order valence-electron chi connectivity index (χ4n) is 6.01. The maximum atomic E-state index is 9.62. The van der Waals surface area contributed by atoms with Crippen molar-refractivity contribution in [1.29, 1.82) is 0 Å². The largest absolute Gasteiger partial charge is 0.392 e. The summed E-state index contributed by atoms with van der Waals surface area (Å²) >= 11 is 0. The monoisotopic (exact) mass is 249 g/mol. The van der Waals surface area contributed by atoms with Gasteiger partial charge in [0.1, 0.15) is 0 Å². The summed E-state index contributed by atoms with van der Waals surface area (Å²) in [6.07, 6.45) is 11.7. The van der Waals surface area contributed by atoms with E-state index < -0.39 is 0 Å². The summed E-state index contributed by atoms with van der Waals surface area (Å²) in [5, 5.41) is 9.62. The summed E-state index contributed by atoms with van der Waals surface area (Å²) in [5.41, 5.74) is 0.724. The number of aliphatic hydroxyl groups is 1. The van der Waals surface area contributed by atoms with Crippen LogP contribution in [0.5, 0.6) is 0 Å². The van der Waals surface area contributed by atoms with Gasteiger partial charge >= 0.3 is 0 Å². The molecular weight excluding hydrogens is 222 g/mol. The Kier molecular flexibility index (Phi) is 2.74. The van der Waals surface area contributed by atoms with Gasteiger partial charge in [0, 0.05) is 13.1 Å². The van der Waals surface area contributed by atoms with Crippen molar-refractivity contribution in [3.8, 4) is 0 Å². The van der Waals surface area contributed by atoms with Gasteiger partial charge < -0.3 is 10.0 Å². The van der Waals surface area contributed by atoms with Crippen molar-refractivity contribution >= 4 is 0 Å². The van der Waals surface area contributed by atoms with Crippen LogP contribution in [0.4, 0.5) is 0 Å². The standard InChI is InChI=1S/C16H27NO/c18-15-1-3-17(11-15)4-2-16-8-12-5-13(9-16)7-14(6-12)10-16/h12-15,18H,1-11H2. The predicted molar refractivity (Wildman–Crippen MR) is 72.3 cm³/mol. The third-order valence-corrected chi connectivity index (χ3v) is 6.37. The second-order valence-electron chi connectivity index (χ2n) is 7.91. The van der Waals surface area contributed by atoms with Crippen LogP contribution in [0, 0.1) is 23.2 Å². The highest BCUT2D eigenvalue weighted by Gasteiger charge is 2.50. The van der Waals surface area contributed by atoms with E-state index in [4.69, 9.17) is 0 Å². The van der Waals surface area contributed by atoms with Crippen molar-refractivity contribution in [2.24, 2.45) is 23.2 Å². The van der Waals surface area contributed by atoms with Crippen LogP contribution in [0.1, 0.15) is 51.4 Å². The van der Waals surface area contributed by atoms with Crippen molar-refractivity contribution < 1.29 is 5.11 Å². The predicted octanol–water partition coefficient (Wildman–Crippen LogP) is 2.66. The summed E-state index contributed by atoms with van der Waals surface area (Å²) in [4.78, 5) is 2.50. The van der Waals surface area contributed by atoms with Crippen LogP contribution in [-0.4, -0.2) is 35.7 Å². The van der Waals surface area contributed by atoms with Gasteiger partial charge in [0.25, 0.3) is 0 Å². The second-order valence-corrected chi connectivity index (χ2v) is 7.91. The molecule has 4 saturated carbocycles. The van der Waals surface area contributed by atoms with Crippen molar-refractivity contribution in [1.82, 2.24) is 4.90 Å². The molecular formula is C16H27NO. The number of likely N-dealkylation sites (tertiary alicyclic amines) is 1. The Morgan fingerprint density at radius 1 is 1.00 bits per heavy atom. The smallest absolute Gasteiger partial charge is 0.0679 e. The van der Waals surface area contributed by atoms with E-state index in [1.807, 2.05) is 0 Å². The molecule has 5 aliphatic rings. The molecule has 0 aromatic rings. The van der Waals surface area contributed by atoms with Gasteiger partial charge in [-0.05, 0) is 81.1 Å². The van der Waals surface area contributed by atoms with E-state index in [0.29, 0.717) is 0 Å². The number of aliphatic hydroxyl groups excluding tert-OH is 1.